The van der Waals surface area contributed by atoms with Crippen LogP contribution in [0.1, 0.15) is 15.9 Å². The quantitative estimate of drug-likeness (QED) is 0.535. The van der Waals surface area contributed by atoms with Gasteiger partial charge in [0.05, 0.1) is 5.56 Å². The Morgan fingerprint density at radius 3 is 2.40 bits per heavy atom. The zero-order chi connectivity index (χ0) is 10.3. The number of phenolic OH excluding ortho intramolecular Hbond substituents is 1. The zero-order valence-electron chi connectivity index (χ0n) is 7.32. The third-order valence-corrected chi connectivity index (χ3v) is 2.03. The van der Waals surface area contributed by atoms with Gasteiger partial charge in [0.1, 0.15) is 11.5 Å². The predicted octanol–water partition coefficient (Wildman–Crippen LogP) is 1.05. The van der Waals surface area contributed by atoms with E-state index in [9.17, 15) is 19.8 Å². The summed E-state index contributed by atoms with van der Waals surface area (Å²) in [6.07, 6.45) is 0.810. The van der Waals surface area contributed by atoms with Crippen molar-refractivity contribution in [1.29, 1.82) is 0 Å². The molecule has 4 nitrogen and oxygen atoms in total. The van der Waals surface area contributed by atoms with Gasteiger partial charge in [0, 0.05) is 28.7 Å². The number of phenols is 1. The first kappa shape index (κ1) is 11.5. The summed E-state index contributed by atoms with van der Waals surface area (Å²) in [6, 6.07) is 4.17. The van der Waals surface area contributed by atoms with E-state index in [1.807, 2.05) is 0 Å². The second-order valence-electron chi connectivity index (χ2n) is 2.92. The molecule has 0 amide bonds. The van der Waals surface area contributed by atoms with Crippen LogP contribution in [0.25, 0.3) is 5.76 Å². The van der Waals surface area contributed by atoms with E-state index in [0.717, 1.165) is 6.08 Å². The molecule has 0 saturated heterocycles. The van der Waals surface area contributed by atoms with Crippen molar-refractivity contribution in [1.82, 2.24) is 0 Å². The Morgan fingerprint density at radius 1 is 1.07 bits per heavy atom. The number of aromatic hydroxyl groups is 1. The van der Waals surface area contributed by atoms with E-state index >= 15 is 0 Å². The number of aliphatic hydroxyl groups excluding tert-OH is 1. The van der Waals surface area contributed by atoms with Crippen LogP contribution in [0.5, 0.6) is 5.75 Å². The van der Waals surface area contributed by atoms with Crippen LogP contribution < -0.4 is 0 Å². The summed E-state index contributed by atoms with van der Waals surface area (Å²) >= 11 is 0. The van der Waals surface area contributed by atoms with Gasteiger partial charge >= 0.3 is 0 Å². The average molecular weight is 254 g/mol. The van der Waals surface area contributed by atoms with Crippen LogP contribution in [0.15, 0.2) is 24.3 Å². The van der Waals surface area contributed by atoms with Crippen molar-refractivity contribution in [3.8, 4) is 5.75 Å². The molecule has 0 fully saturated rings. The van der Waals surface area contributed by atoms with Gasteiger partial charge in [-0.2, -0.15) is 0 Å². The van der Waals surface area contributed by atoms with Crippen molar-refractivity contribution >= 4 is 17.3 Å². The van der Waals surface area contributed by atoms with Crippen LogP contribution in [-0.2, 0) is 21.9 Å². The molecule has 0 bridgehead atoms. The van der Waals surface area contributed by atoms with E-state index in [-0.39, 0.29) is 39.7 Å². The molecule has 0 spiro atoms. The standard InChI is InChI=1S/C10H6O4.Cu/c11-6-3-1-2-5-9(6)7(12)4-8(13)10(5)14;/h1-4,11-12H;. The van der Waals surface area contributed by atoms with Gasteiger partial charge in [-0.3, -0.25) is 9.59 Å². The van der Waals surface area contributed by atoms with E-state index in [1.54, 1.807) is 0 Å². The number of carbonyl (C=O) groups excluding carboxylic acids is 2. The summed E-state index contributed by atoms with van der Waals surface area (Å²) in [6.45, 7) is 0. The van der Waals surface area contributed by atoms with E-state index in [0.29, 0.717) is 0 Å². The van der Waals surface area contributed by atoms with Crippen molar-refractivity contribution in [2.45, 2.75) is 0 Å². The molecule has 1 aliphatic rings. The van der Waals surface area contributed by atoms with Crippen molar-refractivity contribution in [3.05, 3.63) is 35.4 Å². The number of Topliss-reactive ketones (excluding diaryl/α,β-unsaturated/α-hetero) is 1. The van der Waals surface area contributed by atoms with Gasteiger partial charge in [0.2, 0.25) is 11.6 Å². The van der Waals surface area contributed by atoms with Gasteiger partial charge in [0.15, 0.2) is 0 Å². The monoisotopic (exact) mass is 253 g/mol. The normalized spacial score (nSPS) is 14.0. The summed E-state index contributed by atoms with van der Waals surface area (Å²) < 4.78 is 0. The fourth-order valence-corrected chi connectivity index (χ4v) is 1.39. The van der Waals surface area contributed by atoms with Crippen LogP contribution in [0.4, 0.5) is 0 Å². The Bertz CT molecular complexity index is 476. The molecule has 0 aliphatic heterocycles. The number of hydrogen-bond donors (Lipinski definition) is 2. The molecular weight excluding hydrogens is 248 g/mol. The number of ketones is 2. The SMILES string of the molecule is O=C1C=C(O)c2c(O)cccc2C1=O.[Cu]. The second kappa shape index (κ2) is 3.88. The van der Waals surface area contributed by atoms with Crippen molar-refractivity contribution in [2.75, 3.05) is 0 Å². The van der Waals surface area contributed by atoms with E-state index < -0.39 is 11.6 Å². The average Bonchev–Trinajstić information content (AvgIpc) is 2.14. The fraction of sp³-hybridized carbons (Fsp3) is 0. The minimum absolute atomic E-state index is 0. The van der Waals surface area contributed by atoms with Crippen molar-refractivity contribution in [3.63, 3.8) is 0 Å². The van der Waals surface area contributed by atoms with Gasteiger partial charge in [-0.1, -0.05) is 6.07 Å². The molecule has 2 N–H and O–H groups in total. The molecular formula is C10H6CuO4. The third kappa shape index (κ3) is 1.67. The molecule has 1 aromatic rings. The first-order valence-electron chi connectivity index (χ1n) is 3.93. The molecule has 0 unspecified atom stereocenters. The summed E-state index contributed by atoms with van der Waals surface area (Å²) in [7, 11) is 0. The van der Waals surface area contributed by atoms with Gasteiger partial charge in [-0.25, -0.2) is 0 Å². The molecule has 0 atom stereocenters. The van der Waals surface area contributed by atoms with Gasteiger partial charge in [-0.05, 0) is 12.1 Å². The number of benzene rings is 1. The maximum absolute atomic E-state index is 11.3. The minimum Gasteiger partial charge on any atom is -0.507 e. The molecule has 0 aromatic heterocycles. The number of rotatable bonds is 0. The number of hydrogen-bond acceptors (Lipinski definition) is 4. The topological polar surface area (TPSA) is 74.6 Å². The summed E-state index contributed by atoms with van der Waals surface area (Å²) in [4.78, 5) is 22.3. The number of carbonyl (C=O) groups is 2. The summed E-state index contributed by atoms with van der Waals surface area (Å²) in [5, 5.41) is 18.7. The maximum Gasteiger partial charge on any atom is 0.233 e. The van der Waals surface area contributed by atoms with Gasteiger partial charge in [-0.15, -0.1) is 0 Å². The van der Waals surface area contributed by atoms with Crippen LogP contribution >= 0.6 is 0 Å². The zero-order valence-corrected chi connectivity index (χ0v) is 8.26. The Hall–Kier alpha value is -1.58. The van der Waals surface area contributed by atoms with Crippen LogP contribution in [0, 0.1) is 0 Å². The number of fused-ring (bicyclic) bond motifs is 1. The predicted molar refractivity (Wildman–Crippen MR) is 48.1 cm³/mol. The van der Waals surface area contributed by atoms with E-state index in [4.69, 9.17) is 0 Å². The Morgan fingerprint density at radius 2 is 1.73 bits per heavy atom. The van der Waals surface area contributed by atoms with Gasteiger partial charge in [0.25, 0.3) is 0 Å². The smallest absolute Gasteiger partial charge is 0.233 e. The first-order valence-corrected chi connectivity index (χ1v) is 3.93. The molecule has 81 valence electrons. The maximum atomic E-state index is 11.3. The van der Waals surface area contributed by atoms with Crippen LogP contribution in [0.2, 0.25) is 0 Å². The van der Waals surface area contributed by atoms with Crippen LogP contribution in [0.3, 0.4) is 0 Å². The second-order valence-corrected chi connectivity index (χ2v) is 2.92. The molecule has 0 heterocycles. The molecule has 1 aliphatic carbocycles. The van der Waals surface area contributed by atoms with Gasteiger partial charge < -0.3 is 10.2 Å². The minimum atomic E-state index is -0.777. The van der Waals surface area contributed by atoms with E-state index in [2.05, 4.69) is 0 Å². The number of aliphatic hydroxyl groups is 1. The Labute approximate surface area is 95.7 Å². The van der Waals surface area contributed by atoms with Crippen molar-refractivity contribution in [2.24, 2.45) is 0 Å². The summed E-state index contributed by atoms with van der Waals surface area (Å²) in [5.41, 5.74) is 0.0621. The molecule has 15 heavy (non-hydrogen) atoms. The summed E-state index contributed by atoms with van der Waals surface area (Å²) in [5.74, 6) is -2.07. The molecule has 1 aromatic carbocycles. The third-order valence-electron chi connectivity index (χ3n) is 2.03. The molecule has 5 heteroatoms. The Balaban J connectivity index is 0.00000112. The number of allylic oxidation sites excluding steroid dienone is 1. The molecule has 1 radical (unpaired) electrons. The molecule has 2 rings (SSSR count). The first-order chi connectivity index (χ1) is 6.61. The Kier molecular flexibility index (Phi) is 2.98. The fourth-order valence-electron chi connectivity index (χ4n) is 1.39. The molecule has 0 saturated carbocycles. The van der Waals surface area contributed by atoms with Crippen molar-refractivity contribution < 1.29 is 36.9 Å². The van der Waals surface area contributed by atoms with Crippen LogP contribution in [-0.4, -0.2) is 21.8 Å². The van der Waals surface area contributed by atoms with E-state index in [1.165, 1.54) is 18.2 Å². The largest absolute Gasteiger partial charge is 0.507 e.